The van der Waals surface area contributed by atoms with E-state index in [1.807, 2.05) is 24.3 Å². The molecule has 200 valence electrons. The van der Waals surface area contributed by atoms with Crippen molar-refractivity contribution in [3.63, 3.8) is 0 Å². The number of hydrogen-bond acceptors (Lipinski definition) is 7. The molecule has 5 rings (SSSR count). The summed E-state index contributed by atoms with van der Waals surface area (Å²) in [4.78, 5) is 19.8. The predicted molar refractivity (Wildman–Crippen MR) is 149 cm³/mol. The van der Waals surface area contributed by atoms with Crippen molar-refractivity contribution in [2.24, 2.45) is 5.16 Å². The number of benzene rings is 2. The molecule has 3 aromatic rings. The SMILES string of the molecule is CC(C)(C)[Si](C)(C)OCC1CC(c2ccc(-c3ccc(N4C[C@H](Cn5ccnn5)OC4=O)cc3)cc2)=NO1. The number of nitrogens with zero attached hydrogens (tertiary/aromatic N) is 5. The van der Waals surface area contributed by atoms with E-state index in [9.17, 15) is 4.79 Å². The lowest BCUT2D eigenvalue weighted by molar-refractivity contribution is 0.0427. The minimum absolute atomic E-state index is 0.0422. The van der Waals surface area contributed by atoms with Gasteiger partial charge in [0.15, 0.2) is 14.4 Å². The Morgan fingerprint density at radius 1 is 1.00 bits per heavy atom. The number of oxime groups is 1. The summed E-state index contributed by atoms with van der Waals surface area (Å²) in [5, 5.41) is 12.2. The fourth-order valence-corrected chi connectivity index (χ4v) is 5.30. The smallest absolute Gasteiger partial charge is 0.414 e. The quantitative estimate of drug-likeness (QED) is 0.356. The number of anilines is 1. The molecule has 0 radical (unpaired) electrons. The van der Waals surface area contributed by atoms with Gasteiger partial charge in [0, 0.05) is 18.3 Å². The van der Waals surface area contributed by atoms with Crippen molar-refractivity contribution >= 4 is 25.8 Å². The maximum atomic E-state index is 12.4. The van der Waals surface area contributed by atoms with Gasteiger partial charge < -0.3 is 14.0 Å². The normalized spacial score (nSPS) is 19.9. The first-order chi connectivity index (χ1) is 18.1. The van der Waals surface area contributed by atoms with Gasteiger partial charge in [-0.05, 0) is 47.0 Å². The monoisotopic (exact) mass is 533 g/mol. The zero-order valence-electron chi connectivity index (χ0n) is 22.6. The van der Waals surface area contributed by atoms with Gasteiger partial charge in [0.05, 0.1) is 31.6 Å². The van der Waals surface area contributed by atoms with Crippen LogP contribution >= 0.6 is 0 Å². The van der Waals surface area contributed by atoms with Crippen molar-refractivity contribution in [1.82, 2.24) is 15.0 Å². The van der Waals surface area contributed by atoms with Gasteiger partial charge in [-0.2, -0.15) is 0 Å². The summed E-state index contributed by atoms with van der Waals surface area (Å²) in [5.41, 5.74) is 4.96. The third-order valence-corrected chi connectivity index (χ3v) is 12.1. The molecule has 1 aromatic heterocycles. The van der Waals surface area contributed by atoms with Crippen molar-refractivity contribution in [3.8, 4) is 11.1 Å². The Hall–Kier alpha value is -3.50. The van der Waals surface area contributed by atoms with Crippen LogP contribution in [0.3, 0.4) is 0 Å². The molecule has 0 N–H and O–H groups in total. The number of rotatable bonds is 8. The first-order valence-electron chi connectivity index (χ1n) is 13.0. The van der Waals surface area contributed by atoms with Crippen molar-refractivity contribution in [3.05, 3.63) is 66.5 Å². The molecule has 2 aliphatic rings. The summed E-state index contributed by atoms with van der Waals surface area (Å²) < 4.78 is 13.5. The van der Waals surface area contributed by atoms with Gasteiger partial charge in [0.2, 0.25) is 0 Å². The summed E-state index contributed by atoms with van der Waals surface area (Å²) >= 11 is 0. The number of hydrogen-bond donors (Lipinski definition) is 0. The average Bonchev–Trinajstić information content (AvgIpc) is 3.65. The molecule has 2 aromatic carbocycles. The molecule has 0 saturated carbocycles. The van der Waals surface area contributed by atoms with Gasteiger partial charge in [0.1, 0.15) is 6.10 Å². The van der Waals surface area contributed by atoms with E-state index in [0.717, 1.165) is 34.5 Å². The number of cyclic esters (lactones) is 1. The molecule has 1 saturated heterocycles. The van der Waals surface area contributed by atoms with E-state index in [4.69, 9.17) is 14.0 Å². The molecule has 3 heterocycles. The molecule has 10 heteroatoms. The lowest BCUT2D eigenvalue weighted by Gasteiger charge is -2.36. The second-order valence-corrected chi connectivity index (χ2v) is 16.2. The Morgan fingerprint density at radius 3 is 2.29 bits per heavy atom. The van der Waals surface area contributed by atoms with Gasteiger partial charge >= 0.3 is 6.09 Å². The van der Waals surface area contributed by atoms with Gasteiger partial charge in [-0.1, -0.05) is 67.5 Å². The first kappa shape index (κ1) is 26.1. The van der Waals surface area contributed by atoms with Crippen molar-refractivity contribution in [1.29, 1.82) is 0 Å². The van der Waals surface area contributed by atoms with Crippen LogP contribution in [0.15, 0.2) is 66.1 Å². The van der Waals surface area contributed by atoms with Crippen LogP contribution in [0.4, 0.5) is 10.5 Å². The Morgan fingerprint density at radius 2 is 1.66 bits per heavy atom. The summed E-state index contributed by atoms with van der Waals surface area (Å²) in [6, 6.07) is 16.3. The van der Waals surface area contributed by atoms with Crippen LogP contribution < -0.4 is 4.90 Å². The highest BCUT2D eigenvalue weighted by atomic mass is 28.4. The van der Waals surface area contributed by atoms with Crippen LogP contribution in [-0.2, 0) is 20.5 Å². The lowest BCUT2D eigenvalue weighted by Crippen LogP contribution is -2.42. The maximum Gasteiger partial charge on any atom is 0.414 e. The Bertz CT molecular complexity index is 1280. The second kappa shape index (κ2) is 10.3. The predicted octanol–water partition coefficient (Wildman–Crippen LogP) is 5.49. The van der Waals surface area contributed by atoms with E-state index in [2.05, 4.69) is 73.6 Å². The number of ether oxygens (including phenoxy) is 1. The van der Waals surface area contributed by atoms with Crippen molar-refractivity contribution in [2.75, 3.05) is 18.1 Å². The Balaban J connectivity index is 1.17. The van der Waals surface area contributed by atoms with E-state index in [1.54, 1.807) is 22.0 Å². The van der Waals surface area contributed by atoms with E-state index in [1.165, 1.54) is 0 Å². The Labute approximate surface area is 224 Å². The molecule has 0 aliphatic carbocycles. The van der Waals surface area contributed by atoms with Gasteiger partial charge in [-0.3, -0.25) is 4.90 Å². The standard InChI is InChI=1S/C28H35N5O4Si/c1-28(2,3)38(4,5)35-19-24-16-26(30-37-24)22-8-6-20(7-9-22)21-10-12-23(13-11-21)33-18-25(36-27(33)34)17-32-15-14-29-31-32/h6-15,24-25H,16-19H2,1-5H3/t24?,25-/m0/s1. The molecule has 2 atom stereocenters. The van der Waals surface area contributed by atoms with Crippen LogP contribution in [0.25, 0.3) is 11.1 Å². The van der Waals surface area contributed by atoms with Crippen LogP contribution in [0.2, 0.25) is 18.1 Å². The number of carbonyl (C=O) groups is 1. The molecule has 0 bridgehead atoms. The maximum absolute atomic E-state index is 12.4. The van der Waals surface area contributed by atoms with Crippen molar-refractivity contribution < 1.29 is 18.8 Å². The topological polar surface area (TPSA) is 91.1 Å². The van der Waals surface area contributed by atoms with E-state index >= 15 is 0 Å². The number of amides is 1. The lowest BCUT2D eigenvalue weighted by atomic mass is 10.00. The highest BCUT2D eigenvalue weighted by Crippen LogP contribution is 2.37. The molecule has 1 amide bonds. The summed E-state index contributed by atoms with van der Waals surface area (Å²) in [5.74, 6) is 0. The second-order valence-electron chi connectivity index (χ2n) is 11.4. The average molecular weight is 534 g/mol. The van der Waals surface area contributed by atoms with E-state index in [0.29, 0.717) is 19.7 Å². The minimum atomic E-state index is -1.82. The molecule has 1 unspecified atom stereocenters. The largest absolute Gasteiger partial charge is 0.442 e. The van der Waals surface area contributed by atoms with Crippen LogP contribution in [0.1, 0.15) is 32.8 Å². The van der Waals surface area contributed by atoms with E-state index in [-0.39, 0.29) is 23.3 Å². The summed E-state index contributed by atoms with van der Waals surface area (Å²) in [7, 11) is -1.82. The molecule has 9 nitrogen and oxygen atoms in total. The number of carbonyl (C=O) groups excluding carboxylic acids is 1. The third-order valence-electron chi connectivity index (χ3n) is 7.64. The Kier molecular flexibility index (Phi) is 7.11. The zero-order valence-corrected chi connectivity index (χ0v) is 23.6. The van der Waals surface area contributed by atoms with E-state index < -0.39 is 8.32 Å². The highest BCUT2D eigenvalue weighted by Gasteiger charge is 2.38. The molecule has 38 heavy (non-hydrogen) atoms. The number of aromatic nitrogens is 3. The van der Waals surface area contributed by atoms with Crippen LogP contribution in [-0.4, -0.2) is 60.5 Å². The van der Waals surface area contributed by atoms with Gasteiger partial charge in [-0.15, -0.1) is 5.10 Å². The van der Waals surface area contributed by atoms with Crippen LogP contribution in [0.5, 0.6) is 0 Å². The summed E-state index contributed by atoms with van der Waals surface area (Å²) in [6.07, 6.45) is 3.45. The van der Waals surface area contributed by atoms with Gasteiger partial charge in [-0.25, -0.2) is 9.48 Å². The molecular weight excluding hydrogens is 498 g/mol. The van der Waals surface area contributed by atoms with Crippen LogP contribution in [0, 0.1) is 0 Å². The molecule has 2 aliphatic heterocycles. The third kappa shape index (κ3) is 5.66. The fraction of sp³-hybridized carbons (Fsp3) is 0.429. The molecule has 1 fully saturated rings. The fourth-order valence-electron chi connectivity index (χ4n) is 4.26. The highest BCUT2D eigenvalue weighted by molar-refractivity contribution is 6.74. The van der Waals surface area contributed by atoms with Crippen molar-refractivity contribution in [2.45, 2.75) is 64.1 Å². The first-order valence-corrected chi connectivity index (χ1v) is 15.9. The molecular formula is C28H35N5O4Si. The van der Waals surface area contributed by atoms with Gasteiger partial charge in [0.25, 0.3) is 0 Å². The summed E-state index contributed by atoms with van der Waals surface area (Å²) in [6.45, 7) is 12.7. The zero-order chi connectivity index (χ0) is 26.9. The minimum Gasteiger partial charge on any atom is -0.442 e. The molecule has 0 spiro atoms.